The van der Waals surface area contributed by atoms with Gasteiger partial charge in [0, 0.05) is 24.8 Å². The van der Waals surface area contributed by atoms with Crippen LogP contribution in [0.3, 0.4) is 0 Å². The number of hydrogen-bond acceptors (Lipinski definition) is 6. The van der Waals surface area contributed by atoms with Crippen LogP contribution in [-0.4, -0.2) is 65.4 Å². The number of carbonyl (C=O) groups is 2. The largest absolute Gasteiger partial charge is 0.480 e. The van der Waals surface area contributed by atoms with Gasteiger partial charge in [0.2, 0.25) is 0 Å². The Labute approximate surface area is 178 Å². The fraction of sp³-hybridized carbons (Fsp3) is 0.682. The van der Waals surface area contributed by atoms with Crippen molar-refractivity contribution in [1.82, 2.24) is 15.2 Å². The number of anilines is 1. The topological polar surface area (TPSA) is 104 Å². The van der Waals surface area contributed by atoms with E-state index in [9.17, 15) is 14.7 Å². The van der Waals surface area contributed by atoms with E-state index < -0.39 is 18.1 Å². The molecule has 0 spiro atoms. The summed E-state index contributed by atoms with van der Waals surface area (Å²) in [4.78, 5) is 30.1. The number of hydrogen-bond donors (Lipinski definition) is 3. The average molecular weight is 419 g/mol. The number of nitrogens with one attached hydrogen (secondary N) is 2. The Morgan fingerprint density at radius 2 is 2.17 bits per heavy atom. The molecule has 0 saturated heterocycles. The summed E-state index contributed by atoms with van der Waals surface area (Å²) in [7, 11) is 0. The Morgan fingerprint density at radius 3 is 2.90 bits per heavy atom. The summed E-state index contributed by atoms with van der Waals surface area (Å²) in [6.45, 7) is 4.53. The predicted molar refractivity (Wildman–Crippen MR) is 115 cm³/mol. The molecule has 8 heteroatoms. The lowest BCUT2D eigenvalue weighted by atomic mass is 10.1. The van der Waals surface area contributed by atoms with Gasteiger partial charge in [-0.1, -0.05) is 6.07 Å². The molecule has 1 aliphatic heterocycles. The SMILES string of the molecule is CCOC(=O)N[C@@H](CCN(CCCCc1ccc2c(n1)NCCC2)C1CC1)C(=O)O. The van der Waals surface area contributed by atoms with Crippen molar-refractivity contribution in [2.24, 2.45) is 0 Å². The van der Waals surface area contributed by atoms with Crippen LogP contribution >= 0.6 is 0 Å². The number of carboxylic acids is 1. The van der Waals surface area contributed by atoms with Crippen LogP contribution in [0.15, 0.2) is 12.1 Å². The maximum Gasteiger partial charge on any atom is 0.407 e. The van der Waals surface area contributed by atoms with Crippen LogP contribution in [0, 0.1) is 0 Å². The van der Waals surface area contributed by atoms with Crippen molar-refractivity contribution in [3.63, 3.8) is 0 Å². The molecular formula is C22H34N4O4. The van der Waals surface area contributed by atoms with Gasteiger partial charge >= 0.3 is 12.1 Å². The van der Waals surface area contributed by atoms with Crippen LogP contribution in [0.25, 0.3) is 0 Å². The van der Waals surface area contributed by atoms with Crippen LogP contribution in [0.4, 0.5) is 10.6 Å². The Hall–Kier alpha value is -2.35. The van der Waals surface area contributed by atoms with Gasteiger partial charge in [-0.25, -0.2) is 14.6 Å². The molecular weight excluding hydrogens is 384 g/mol. The van der Waals surface area contributed by atoms with Crippen molar-refractivity contribution in [3.05, 3.63) is 23.4 Å². The molecule has 1 saturated carbocycles. The van der Waals surface area contributed by atoms with Crippen LogP contribution in [-0.2, 0) is 22.4 Å². The Balaban J connectivity index is 1.41. The number of carboxylic acid groups (broad SMARTS) is 1. The molecule has 3 rings (SSSR count). The van der Waals surface area contributed by atoms with E-state index in [1.54, 1.807) is 6.92 Å². The third-order valence-corrected chi connectivity index (χ3v) is 5.71. The smallest absolute Gasteiger partial charge is 0.407 e. The molecule has 2 aliphatic rings. The molecule has 8 nitrogen and oxygen atoms in total. The summed E-state index contributed by atoms with van der Waals surface area (Å²) in [5.74, 6) is 0.0260. The van der Waals surface area contributed by atoms with Gasteiger partial charge in [-0.3, -0.25) is 0 Å². The van der Waals surface area contributed by atoms with E-state index in [0.717, 1.165) is 50.3 Å². The van der Waals surface area contributed by atoms with E-state index >= 15 is 0 Å². The first kappa shape index (κ1) is 22.3. The van der Waals surface area contributed by atoms with Gasteiger partial charge in [0.25, 0.3) is 0 Å². The highest BCUT2D eigenvalue weighted by Gasteiger charge is 2.30. The number of aryl methyl sites for hydroxylation is 2. The summed E-state index contributed by atoms with van der Waals surface area (Å²) < 4.78 is 4.81. The number of aliphatic carboxylic acids is 1. The number of aromatic nitrogens is 1. The van der Waals surface area contributed by atoms with Crippen molar-refractivity contribution < 1.29 is 19.4 Å². The molecule has 1 amide bonds. The Morgan fingerprint density at radius 1 is 1.33 bits per heavy atom. The molecule has 1 atom stereocenters. The monoisotopic (exact) mass is 418 g/mol. The number of amides is 1. The maximum atomic E-state index is 11.6. The molecule has 2 heterocycles. The highest BCUT2D eigenvalue weighted by molar-refractivity contribution is 5.79. The number of carbonyl (C=O) groups excluding carboxylic acids is 1. The van der Waals surface area contributed by atoms with E-state index in [1.165, 1.54) is 24.8 Å². The number of ether oxygens (including phenoxy) is 1. The average Bonchev–Trinajstić information content (AvgIpc) is 3.57. The third-order valence-electron chi connectivity index (χ3n) is 5.71. The lowest BCUT2D eigenvalue weighted by Crippen LogP contribution is -2.43. The van der Waals surface area contributed by atoms with E-state index in [1.807, 2.05) is 0 Å². The van der Waals surface area contributed by atoms with E-state index in [0.29, 0.717) is 19.0 Å². The molecule has 166 valence electrons. The third kappa shape index (κ3) is 6.86. The van der Waals surface area contributed by atoms with Crippen LogP contribution in [0.2, 0.25) is 0 Å². The summed E-state index contributed by atoms with van der Waals surface area (Å²) in [6.07, 6.45) is 7.37. The van der Waals surface area contributed by atoms with E-state index in [2.05, 4.69) is 27.7 Å². The summed E-state index contributed by atoms with van der Waals surface area (Å²) in [6, 6.07) is 3.97. The van der Waals surface area contributed by atoms with Crippen molar-refractivity contribution in [3.8, 4) is 0 Å². The minimum absolute atomic E-state index is 0.224. The number of fused-ring (bicyclic) bond motifs is 1. The fourth-order valence-corrected chi connectivity index (χ4v) is 3.91. The van der Waals surface area contributed by atoms with Crippen molar-refractivity contribution >= 4 is 17.9 Å². The molecule has 1 fully saturated rings. The van der Waals surface area contributed by atoms with Gasteiger partial charge in [-0.15, -0.1) is 0 Å². The van der Waals surface area contributed by atoms with E-state index in [4.69, 9.17) is 9.72 Å². The molecule has 1 aromatic heterocycles. The predicted octanol–water partition coefficient (Wildman–Crippen LogP) is 2.82. The first-order valence-corrected chi connectivity index (χ1v) is 11.2. The molecule has 0 radical (unpaired) electrons. The van der Waals surface area contributed by atoms with Gasteiger partial charge in [0.1, 0.15) is 11.9 Å². The Bertz CT molecular complexity index is 723. The minimum atomic E-state index is -1.02. The van der Waals surface area contributed by atoms with Crippen LogP contribution < -0.4 is 10.6 Å². The molecule has 3 N–H and O–H groups in total. The second-order valence-electron chi connectivity index (χ2n) is 8.11. The number of unbranched alkanes of at least 4 members (excludes halogenated alkanes) is 1. The number of nitrogens with zero attached hydrogens (tertiary/aromatic N) is 2. The van der Waals surface area contributed by atoms with Crippen molar-refractivity contribution in [2.45, 2.75) is 70.4 Å². The zero-order valence-electron chi connectivity index (χ0n) is 17.9. The van der Waals surface area contributed by atoms with Crippen molar-refractivity contribution in [2.75, 3.05) is 31.6 Å². The molecule has 0 unspecified atom stereocenters. The molecule has 1 aliphatic carbocycles. The highest BCUT2D eigenvalue weighted by Crippen LogP contribution is 2.27. The number of alkyl carbamates (subject to hydrolysis) is 1. The standard InChI is InChI=1S/C22H34N4O4/c1-2-30-22(29)25-19(21(27)28)12-15-26(18-10-11-18)14-4-3-7-17-9-8-16-6-5-13-23-20(16)24-17/h8-9,18-19H,2-7,10-15H2,1H3,(H,23,24)(H,25,29)(H,27,28)/t19-/m0/s1. The van der Waals surface area contributed by atoms with Gasteiger partial charge in [-0.2, -0.15) is 0 Å². The van der Waals surface area contributed by atoms with E-state index in [-0.39, 0.29) is 6.61 Å². The molecule has 0 aromatic carbocycles. The second kappa shape index (κ2) is 11.2. The molecule has 0 bridgehead atoms. The quantitative estimate of drug-likeness (QED) is 0.448. The van der Waals surface area contributed by atoms with Crippen LogP contribution in [0.5, 0.6) is 0 Å². The number of rotatable bonds is 12. The molecule has 30 heavy (non-hydrogen) atoms. The van der Waals surface area contributed by atoms with Gasteiger partial charge in [0.15, 0.2) is 0 Å². The Kier molecular flexibility index (Phi) is 8.30. The fourth-order valence-electron chi connectivity index (χ4n) is 3.91. The number of pyridine rings is 1. The molecule has 1 aromatic rings. The summed E-state index contributed by atoms with van der Waals surface area (Å²) in [5, 5.41) is 15.2. The second-order valence-corrected chi connectivity index (χ2v) is 8.11. The zero-order valence-corrected chi connectivity index (χ0v) is 17.9. The lowest BCUT2D eigenvalue weighted by Gasteiger charge is -2.24. The zero-order chi connectivity index (χ0) is 21.3. The van der Waals surface area contributed by atoms with Gasteiger partial charge in [0.05, 0.1) is 6.61 Å². The van der Waals surface area contributed by atoms with Gasteiger partial charge in [-0.05, 0) is 76.5 Å². The first-order valence-electron chi connectivity index (χ1n) is 11.2. The van der Waals surface area contributed by atoms with Gasteiger partial charge < -0.3 is 25.4 Å². The maximum absolute atomic E-state index is 11.6. The normalized spacial score (nSPS) is 16.5. The summed E-state index contributed by atoms with van der Waals surface area (Å²) >= 11 is 0. The first-order chi connectivity index (χ1) is 14.6. The minimum Gasteiger partial charge on any atom is -0.480 e. The van der Waals surface area contributed by atoms with Crippen molar-refractivity contribution in [1.29, 1.82) is 0 Å². The van der Waals surface area contributed by atoms with Crippen LogP contribution in [0.1, 0.15) is 56.7 Å². The highest BCUT2D eigenvalue weighted by atomic mass is 16.5. The lowest BCUT2D eigenvalue weighted by molar-refractivity contribution is -0.139. The summed E-state index contributed by atoms with van der Waals surface area (Å²) in [5.41, 5.74) is 2.44.